The molecule has 0 aliphatic carbocycles. The molecule has 5 nitrogen and oxygen atoms in total. The van der Waals surface area contributed by atoms with Crippen LogP contribution in [0.5, 0.6) is 0 Å². The third-order valence-electron chi connectivity index (χ3n) is 3.94. The molecule has 1 saturated heterocycles. The highest BCUT2D eigenvalue weighted by atomic mass is 32.1. The second-order valence-electron chi connectivity index (χ2n) is 5.35. The number of likely N-dealkylation sites (tertiary alicyclic amines) is 1. The van der Waals surface area contributed by atoms with Gasteiger partial charge in [-0.05, 0) is 11.4 Å². The number of nitrogens with one attached hydrogen (secondary N) is 1. The van der Waals surface area contributed by atoms with Crippen LogP contribution in [-0.4, -0.2) is 31.2 Å². The van der Waals surface area contributed by atoms with Crippen molar-refractivity contribution in [2.75, 3.05) is 20.2 Å². The van der Waals surface area contributed by atoms with Crippen molar-refractivity contribution in [1.82, 2.24) is 4.98 Å². The Morgan fingerprint density at radius 2 is 2.33 bits per heavy atom. The molecule has 1 aliphatic rings. The van der Waals surface area contributed by atoms with E-state index in [4.69, 9.17) is 9.15 Å². The Hall–Kier alpha value is -1.66. The van der Waals surface area contributed by atoms with Gasteiger partial charge in [0.2, 0.25) is 5.89 Å². The van der Waals surface area contributed by atoms with Crippen LogP contribution in [0, 0.1) is 5.92 Å². The number of hydrogen-bond acceptors (Lipinski definition) is 5. The van der Waals surface area contributed by atoms with E-state index in [0.717, 1.165) is 43.0 Å². The Balaban J connectivity index is 1.55. The van der Waals surface area contributed by atoms with E-state index in [1.165, 1.54) is 12.0 Å². The van der Waals surface area contributed by atoms with Gasteiger partial charge in [0.1, 0.15) is 18.5 Å². The molecule has 6 heteroatoms. The number of thiophene rings is 1. The largest absolute Gasteiger partial charge is 0.469 e. The van der Waals surface area contributed by atoms with Gasteiger partial charge in [-0.25, -0.2) is 4.98 Å². The van der Waals surface area contributed by atoms with Gasteiger partial charge in [0.25, 0.3) is 0 Å². The highest BCUT2D eigenvalue weighted by Crippen LogP contribution is 2.23. The van der Waals surface area contributed by atoms with E-state index in [-0.39, 0.29) is 11.9 Å². The van der Waals surface area contributed by atoms with Crippen LogP contribution in [0.25, 0.3) is 10.8 Å². The van der Waals surface area contributed by atoms with Crippen molar-refractivity contribution < 1.29 is 18.8 Å². The SMILES string of the molecule is COC(=O)C1CC[NH+](Cc2coc(-c3cccs3)n2)CC1. The first kappa shape index (κ1) is 14.3. The molecule has 0 saturated carbocycles. The Labute approximate surface area is 127 Å². The van der Waals surface area contributed by atoms with Crippen LogP contribution in [0.3, 0.4) is 0 Å². The van der Waals surface area contributed by atoms with Crippen molar-refractivity contribution in [1.29, 1.82) is 0 Å². The first-order valence-electron chi connectivity index (χ1n) is 7.16. The van der Waals surface area contributed by atoms with Crippen molar-refractivity contribution in [3.05, 3.63) is 29.5 Å². The lowest BCUT2D eigenvalue weighted by molar-refractivity contribution is -0.919. The Bertz CT molecular complexity index is 586. The number of quaternary nitrogens is 1. The number of rotatable bonds is 4. The van der Waals surface area contributed by atoms with E-state index < -0.39 is 0 Å². The predicted molar refractivity (Wildman–Crippen MR) is 79.0 cm³/mol. The van der Waals surface area contributed by atoms with Gasteiger partial charge >= 0.3 is 5.97 Å². The fraction of sp³-hybridized carbons (Fsp3) is 0.467. The molecule has 0 amide bonds. The minimum atomic E-state index is -0.0736. The minimum absolute atomic E-state index is 0.0674. The number of oxazole rings is 1. The maximum absolute atomic E-state index is 11.5. The summed E-state index contributed by atoms with van der Waals surface area (Å²) in [6, 6.07) is 4.00. The summed E-state index contributed by atoms with van der Waals surface area (Å²) in [6.07, 6.45) is 3.52. The van der Waals surface area contributed by atoms with Crippen LogP contribution in [0.2, 0.25) is 0 Å². The Morgan fingerprint density at radius 3 is 3.00 bits per heavy atom. The molecule has 21 heavy (non-hydrogen) atoms. The standard InChI is InChI=1S/C15H18N2O3S/c1-19-15(18)11-4-6-17(7-5-11)9-12-10-20-14(16-12)13-3-2-8-21-13/h2-3,8,10-11H,4-7,9H2,1H3/p+1. The van der Waals surface area contributed by atoms with E-state index >= 15 is 0 Å². The van der Waals surface area contributed by atoms with E-state index in [2.05, 4.69) is 4.98 Å². The molecule has 2 aromatic heterocycles. The summed E-state index contributed by atoms with van der Waals surface area (Å²) >= 11 is 1.63. The second-order valence-corrected chi connectivity index (χ2v) is 6.29. The second kappa shape index (κ2) is 6.41. The molecule has 0 aromatic carbocycles. The summed E-state index contributed by atoms with van der Waals surface area (Å²) in [6.45, 7) is 2.80. The van der Waals surface area contributed by atoms with Gasteiger partial charge in [-0.3, -0.25) is 4.79 Å². The average Bonchev–Trinajstić information content (AvgIpc) is 3.18. The summed E-state index contributed by atoms with van der Waals surface area (Å²) in [5.74, 6) is 0.692. The first-order chi connectivity index (χ1) is 10.3. The van der Waals surface area contributed by atoms with Gasteiger partial charge in [-0.15, -0.1) is 11.3 Å². The molecule has 1 aliphatic heterocycles. The van der Waals surface area contributed by atoms with Gasteiger partial charge in [-0.2, -0.15) is 0 Å². The quantitative estimate of drug-likeness (QED) is 0.867. The van der Waals surface area contributed by atoms with Crippen molar-refractivity contribution in [2.45, 2.75) is 19.4 Å². The lowest BCUT2D eigenvalue weighted by atomic mass is 9.97. The molecule has 0 spiro atoms. The van der Waals surface area contributed by atoms with Gasteiger partial charge in [-0.1, -0.05) is 6.07 Å². The summed E-state index contributed by atoms with van der Waals surface area (Å²) in [4.78, 5) is 18.6. The fourth-order valence-corrected chi connectivity index (χ4v) is 3.42. The van der Waals surface area contributed by atoms with Crippen LogP contribution in [0.4, 0.5) is 0 Å². The fourth-order valence-electron chi connectivity index (χ4n) is 2.76. The van der Waals surface area contributed by atoms with Gasteiger partial charge in [0, 0.05) is 12.8 Å². The summed E-state index contributed by atoms with van der Waals surface area (Å²) in [7, 11) is 1.46. The van der Waals surface area contributed by atoms with E-state index in [0.29, 0.717) is 5.89 Å². The average molecular weight is 307 g/mol. The molecular formula is C15H19N2O3S+. The number of esters is 1. The lowest BCUT2D eigenvalue weighted by Gasteiger charge is -2.27. The van der Waals surface area contributed by atoms with Gasteiger partial charge < -0.3 is 14.1 Å². The topological polar surface area (TPSA) is 56.8 Å². The van der Waals surface area contributed by atoms with Crippen LogP contribution in [-0.2, 0) is 16.1 Å². The zero-order valence-corrected chi connectivity index (χ0v) is 12.8. The Morgan fingerprint density at radius 1 is 1.52 bits per heavy atom. The highest BCUT2D eigenvalue weighted by molar-refractivity contribution is 7.13. The summed E-state index contributed by atoms with van der Waals surface area (Å²) < 4.78 is 10.4. The summed E-state index contributed by atoms with van der Waals surface area (Å²) in [5.41, 5.74) is 0.977. The number of methoxy groups -OCH3 is 1. The molecular weight excluding hydrogens is 288 g/mol. The first-order valence-corrected chi connectivity index (χ1v) is 8.04. The molecule has 0 atom stereocenters. The van der Waals surface area contributed by atoms with Gasteiger partial charge in [0.05, 0.1) is 31.0 Å². The normalized spacial score (nSPS) is 22.1. The van der Waals surface area contributed by atoms with Gasteiger partial charge in [0.15, 0.2) is 0 Å². The maximum atomic E-state index is 11.5. The number of hydrogen-bond donors (Lipinski definition) is 1. The number of carbonyl (C=O) groups is 1. The van der Waals surface area contributed by atoms with E-state index in [1.807, 2.05) is 17.5 Å². The molecule has 3 heterocycles. The molecule has 3 rings (SSSR count). The smallest absolute Gasteiger partial charge is 0.309 e. The third-order valence-corrected chi connectivity index (χ3v) is 4.80. The number of carbonyl (C=O) groups excluding carboxylic acids is 1. The molecule has 0 unspecified atom stereocenters. The van der Waals surface area contributed by atoms with Crippen LogP contribution >= 0.6 is 11.3 Å². The molecule has 2 aromatic rings. The molecule has 1 fully saturated rings. The number of ether oxygens (including phenoxy) is 1. The van der Waals surface area contributed by atoms with Crippen LogP contribution in [0.1, 0.15) is 18.5 Å². The molecule has 0 radical (unpaired) electrons. The third kappa shape index (κ3) is 3.33. The van der Waals surface area contributed by atoms with E-state index in [9.17, 15) is 4.79 Å². The van der Waals surface area contributed by atoms with E-state index in [1.54, 1.807) is 17.6 Å². The van der Waals surface area contributed by atoms with Crippen molar-refractivity contribution >= 4 is 17.3 Å². The monoisotopic (exact) mass is 307 g/mol. The van der Waals surface area contributed by atoms with Crippen molar-refractivity contribution in [3.63, 3.8) is 0 Å². The van der Waals surface area contributed by atoms with Crippen LogP contribution < -0.4 is 4.90 Å². The number of piperidine rings is 1. The van der Waals surface area contributed by atoms with Crippen molar-refractivity contribution in [3.8, 4) is 10.8 Å². The zero-order valence-electron chi connectivity index (χ0n) is 12.0. The number of nitrogens with zero attached hydrogens (tertiary/aromatic N) is 1. The Kier molecular flexibility index (Phi) is 4.36. The molecule has 0 bridgehead atoms. The molecule has 1 N–H and O–H groups in total. The van der Waals surface area contributed by atoms with Crippen LogP contribution in [0.15, 0.2) is 28.2 Å². The molecule has 112 valence electrons. The number of aromatic nitrogens is 1. The van der Waals surface area contributed by atoms with Crippen molar-refractivity contribution in [2.24, 2.45) is 5.92 Å². The maximum Gasteiger partial charge on any atom is 0.309 e. The predicted octanol–water partition coefficient (Wildman–Crippen LogP) is 1.37. The zero-order chi connectivity index (χ0) is 14.7. The minimum Gasteiger partial charge on any atom is -0.469 e. The lowest BCUT2D eigenvalue weighted by Crippen LogP contribution is -3.11. The summed E-state index contributed by atoms with van der Waals surface area (Å²) in [5, 5.41) is 2.02. The highest BCUT2D eigenvalue weighted by Gasteiger charge is 2.28.